The fraction of sp³-hybridized carbons (Fsp3) is 0.143. The molecule has 6 heteroatoms. The molecule has 0 aliphatic heterocycles. The molecule has 102 valence electrons. The van der Waals surface area contributed by atoms with E-state index in [2.05, 4.69) is 4.98 Å². The van der Waals surface area contributed by atoms with Crippen molar-refractivity contribution >= 4 is 18.4 Å². The van der Waals surface area contributed by atoms with Gasteiger partial charge in [-0.15, -0.1) is 0 Å². The van der Waals surface area contributed by atoms with E-state index >= 15 is 0 Å². The van der Waals surface area contributed by atoms with Crippen LogP contribution in [0, 0.1) is 5.82 Å². The number of hydrogen-bond donors (Lipinski definition) is 2. The lowest BCUT2D eigenvalue weighted by atomic mass is 9.81. The third-order valence-electron chi connectivity index (χ3n) is 2.84. The summed E-state index contributed by atoms with van der Waals surface area (Å²) >= 11 is 0. The molecule has 1 aromatic carbocycles. The van der Waals surface area contributed by atoms with Crippen LogP contribution in [0.2, 0.25) is 0 Å². The zero-order chi connectivity index (χ0) is 14.5. The lowest BCUT2D eigenvalue weighted by molar-refractivity contribution is -0.117. The van der Waals surface area contributed by atoms with Crippen molar-refractivity contribution in [3.8, 4) is 0 Å². The number of halogens is 1. The van der Waals surface area contributed by atoms with E-state index in [1.54, 1.807) is 18.2 Å². The van der Waals surface area contributed by atoms with E-state index in [9.17, 15) is 9.18 Å². The summed E-state index contributed by atoms with van der Waals surface area (Å²) in [7, 11) is -1.56. The maximum Gasteiger partial charge on any atom is 0.490 e. The van der Waals surface area contributed by atoms with Crippen LogP contribution in [0.4, 0.5) is 4.39 Å². The minimum absolute atomic E-state index is 0.0404. The van der Waals surface area contributed by atoms with Gasteiger partial charge < -0.3 is 10.0 Å². The van der Waals surface area contributed by atoms with Crippen molar-refractivity contribution in [3.63, 3.8) is 0 Å². The van der Waals surface area contributed by atoms with Crippen LogP contribution in [-0.4, -0.2) is 27.9 Å². The molecule has 0 amide bonds. The van der Waals surface area contributed by atoms with Crippen molar-refractivity contribution in [2.75, 3.05) is 0 Å². The van der Waals surface area contributed by atoms with E-state index in [1.165, 1.54) is 24.4 Å². The van der Waals surface area contributed by atoms with Crippen molar-refractivity contribution in [1.29, 1.82) is 0 Å². The van der Waals surface area contributed by atoms with Gasteiger partial charge in [0, 0.05) is 30.2 Å². The van der Waals surface area contributed by atoms with E-state index in [1.807, 2.05) is 0 Å². The van der Waals surface area contributed by atoms with Crippen molar-refractivity contribution in [3.05, 3.63) is 59.7 Å². The number of aromatic nitrogens is 1. The minimum atomic E-state index is -1.56. The van der Waals surface area contributed by atoms with Gasteiger partial charge in [-0.05, 0) is 23.8 Å². The molecule has 0 radical (unpaired) electrons. The molecule has 2 aromatic rings. The fourth-order valence-electron chi connectivity index (χ4n) is 1.79. The summed E-state index contributed by atoms with van der Waals surface area (Å²) in [5.74, 6) is -0.373. The average Bonchev–Trinajstić information content (AvgIpc) is 2.42. The largest absolute Gasteiger partial charge is 0.490 e. The first-order valence-electron chi connectivity index (χ1n) is 6.11. The van der Waals surface area contributed by atoms with Crippen LogP contribution in [-0.2, 0) is 17.6 Å². The average molecular weight is 273 g/mol. The number of carbonyl (C=O) groups is 1. The van der Waals surface area contributed by atoms with Gasteiger partial charge in [-0.1, -0.05) is 18.2 Å². The minimum Gasteiger partial charge on any atom is -0.423 e. The maximum atomic E-state index is 12.7. The van der Waals surface area contributed by atoms with Crippen LogP contribution < -0.4 is 5.46 Å². The van der Waals surface area contributed by atoms with Gasteiger partial charge in [0.25, 0.3) is 0 Å². The second-order valence-corrected chi connectivity index (χ2v) is 4.48. The normalized spacial score (nSPS) is 10.3. The van der Waals surface area contributed by atoms with Gasteiger partial charge in [-0.2, -0.15) is 0 Å². The van der Waals surface area contributed by atoms with E-state index in [4.69, 9.17) is 10.0 Å². The van der Waals surface area contributed by atoms with Crippen molar-refractivity contribution < 1.29 is 19.2 Å². The third kappa shape index (κ3) is 3.98. The van der Waals surface area contributed by atoms with Crippen LogP contribution in [0.5, 0.6) is 0 Å². The molecular formula is C14H13BFNO3. The summed E-state index contributed by atoms with van der Waals surface area (Å²) in [5.41, 5.74) is 1.58. The van der Waals surface area contributed by atoms with Gasteiger partial charge in [-0.3, -0.25) is 9.78 Å². The Morgan fingerprint density at radius 1 is 1.10 bits per heavy atom. The molecule has 0 fully saturated rings. The summed E-state index contributed by atoms with van der Waals surface area (Å²) in [6.07, 6.45) is 1.69. The Morgan fingerprint density at radius 3 is 2.35 bits per heavy atom. The predicted molar refractivity (Wildman–Crippen MR) is 72.9 cm³/mol. The third-order valence-corrected chi connectivity index (χ3v) is 2.84. The molecule has 0 unspecified atom stereocenters. The van der Waals surface area contributed by atoms with Crippen molar-refractivity contribution in [2.24, 2.45) is 0 Å². The van der Waals surface area contributed by atoms with Crippen molar-refractivity contribution in [2.45, 2.75) is 12.8 Å². The van der Waals surface area contributed by atoms with Gasteiger partial charge in [0.05, 0.1) is 0 Å². The van der Waals surface area contributed by atoms with Gasteiger partial charge in [0.2, 0.25) is 0 Å². The number of rotatable bonds is 5. The molecule has 2 N–H and O–H groups in total. The Balaban J connectivity index is 1.95. The van der Waals surface area contributed by atoms with E-state index in [0.717, 1.165) is 5.56 Å². The monoisotopic (exact) mass is 273 g/mol. The molecule has 0 spiro atoms. The van der Waals surface area contributed by atoms with E-state index in [0.29, 0.717) is 5.69 Å². The van der Waals surface area contributed by atoms with E-state index < -0.39 is 7.12 Å². The van der Waals surface area contributed by atoms with Crippen LogP contribution >= 0.6 is 0 Å². The molecule has 0 atom stereocenters. The highest BCUT2D eigenvalue weighted by Crippen LogP contribution is 2.06. The number of nitrogens with zero attached hydrogens (tertiary/aromatic N) is 1. The standard InChI is InChI=1S/C14H13BFNO3/c16-12-4-1-10(2-5-12)7-14(18)8-13-6-3-11(9-17-13)15(19)20/h1-6,9,19-20H,7-8H2. The lowest BCUT2D eigenvalue weighted by Gasteiger charge is -2.03. The second kappa shape index (κ2) is 6.41. The first kappa shape index (κ1) is 14.4. The molecule has 4 nitrogen and oxygen atoms in total. The first-order valence-corrected chi connectivity index (χ1v) is 6.11. The predicted octanol–water partition coefficient (Wildman–Crippen LogP) is 0.255. The zero-order valence-electron chi connectivity index (χ0n) is 10.7. The summed E-state index contributed by atoms with van der Waals surface area (Å²) in [6, 6.07) is 8.88. The zero-order valence-corrected chi connectivity index (χ0v) is 10.7. The SMILES string of the molecule is O=C(Cc1ccc(F)cc1)Cc1ccc(B(O)O)cn1. The van der Waals surface area contributed by atoms with Crippen molar-refractivity contribution in [1.82, 2.24) is 4.98 Å². The number of pyridine rings is 1. The number of Topliss-reactive ketones (excluding diaryl/α,β-unsaturated/α-hetero) is 1. The summed E-state index contributed by atoms with van der Waals surface area (Å²) in [6.45, 7) is 0. The van der Waals surface area contributed by atoms with Gasteiger partial charge in [0.15, 0.2) is 0 Å². The van der Waals surface area contributed by atoms with Crippen LogP contribution in [0.25, 0.3) is 0 Å². The molecule has 2 rings (SSSR count). The molecule has 0 aliphatic rings. The molecular weight excluding hydrogens is 260 g/mol. The molecule has 1 heterocycles. The Morgan fingerprint density at radius 2 is 1.80 bits per heavy atom. The van der Waals surface area contributed by atoms with Crippen LogP contribution in [0.3, 0.4) is 0 Å². The first-order chi connectivity index (χ1) is 9.54. The summed E-state index contributed by atoms with van der Waals surface area (Å²) in [4.78, 5) is 15.8. The Kier molecular flexibility index (Phi) is 4.60. The highest BCUT2D eigenvalue weighted by Gasteiger charge is 2.12. The number of hydrogen-bond acceptors (Lipinski definition) is 4. The lowest BCUT2D eigenvalue weighted by Crippen LogP contribution is -2.30. The Labute approximate surface area is 116 Å². The molecule has 20 heavy (non-hydrogen) atoms. The highest BCUT2D eigenvalue weighted by atomic mass is 19.1. The number of ketones is 1. The number of carbonyl (C=O) groups excluding carboxylic acids is 1. The molecule has 0 bridgehead atoms. The Bertz CT molecular complexity index is 584. The molecule has 1 aromatic heterocycles. The molecule has 0 saturated carbocycles. The molecule has 0 saturated heterocycles. The highest BCUT2D eigenvalue weighted by molar-refractivity contribution is 6.58. The quantitative estimate of drug-likeness (QED) is 0.766. The maximum absolute atomic E-state index is 12.7. The summed E-state index contributed by atoms with van der Waals surface area (Å²) in [5, 5.41) is 17.9. The van der Waals surface area contributed by atoms with Gasteiger partial charge >= 0.3 is 7.12 Å². The summed E-state index contributed by atoms with van der Waals surface area (Å²) < 4.78 is 12.7. The second-order valence-electron chi connectivity index (χ2n) is 4.48. The van der Waals surface area contributed by atoms with Gasteiger partial charge in [0.1, 0.15) is 11.6 Å². The molecule has 0 aliphatic carbocycles. The van der Waals surface area contributed by atoms with Crippen LogP contribution in [0.1, 0.15) is 11.3 Å². The number of benzene rings is 1. The topological polar surface area (TPSA) is 70.4 Å². The fourth-order valence-corrected chi connectivity index (χ4v) is 1.79. The van der Waals surface area contributed by atoms with Crippen LogP contribution in [0.15, 0.2) is 42.6 Å². The smallest absolute Gasteiger partial charge is 0.423 e. The van der Waals surface area contributed by atoms with E-state index in [-0.39, 0.29) is 29.9 Å². The van der Waals surface area contributed by atoms with Gasteiger partial charge in [-0.25, -0.2) is 4.39 Å². The Hall–Kier alpha value is -2.05.